The second-order valence-electron chi connectivity index (χ2n) is 3.47. The van der Waals surface area contributed by atoms with E-state index in [1.165, 1.54) is 17.4 Å². The number of hydrogen-bond acceptors (Lipinski definition) is 3. The van der Waals surface area contributed by atoms with Crippen molar-refractivity contribution in [3.05, 3.63) is 50.9 Å². The SMILES string of the molecule is NC(=S)c1c(F)cccc1OCc1ccc(Cl)s1. The van der Waals surface area contributed by atoms with E-state index in [1.54, 1.807) is 18.2 Å². The zero-order chi connectivity index (χ0) is 13.1. The molecule has 0 unspecified atom stereocenters. The highest BCUT2D eigenvalue weighted by Gasteiger charge is 2.12. The quantitative estimate of drug-likeness (QED) is 0.874. The van der Waals surface area contributed by atoms with Crippen LogP contribution in [0.4, 0.5) is 4.39 Å². The summed E-state index contributed by atoms with van der Waals surface area (Å²) in [5, 5.41) is 0. The molecule has 2 rings (SSSR count). The minimum atomic E-state index is -0.482. The van der Waals surface area contributed by atoms with Gasteiger partial charge in [0.1, 0.15) is 23.2 Å². The second-order valence-corrected chi connectivity index (χ2v) is 5.71. The summed E-state index contributed by atoms with van der Waals surface area (Å²) in [5.41, 5.74) is 5.62. The minimum absolute atomic E-state index is 0.0210. The van der Waals surface area contributed by atoms with Gasteiger partial charge in [-0.05, 0) is 24.3 Å². The molecule has 0 aliphatic heterocycles. The topological polar surface area (TPSA) is 35.2 Å². The van der Waals surface area contributed by atoms with Crippen LogP contribution in [0.25, 0.3) is 0 Å². The molecule has 0 spiro atoms. The first-order valence-electron chi connectivity index (χ1n) is 5.03. The van der Waals surface area contributed by atoms with Crippen LogP contribution in [-0.4, -0.2) is 4.99 Å². The van der Waals surface area contributed by atoms with Gasteiger partial charge in [0.2, 0.25) is 0 Å². The molecule has 0 saturated carbocycles. The number of nitrogens with two attached hydrogens (primary N) is 1. The van der Waals surface area contributed by atoms with E-state index in [0.29, 0.717) is 16.7 Å². The summed E-state index contributed by atoms with van der Waals surface area (Å²) in [4.78, 5) is 0.922. The van der Waals surface area contributed by atoms with Crippen LogP contribution in [0.2, 0.25) is 4.34 Å². The molecule has 18 heavy (non-hydrogen) atoms. The highest BCUT2D eigenvalue weighted by Crippen LogP contribution is 2.25. The van der Waals surface area contributed by atoms with Gasteiger partial charge < -0.3 is 10.5 Å². The molecule has 2 N–H and O–H groups in total. The van der Waals surface area contributed by atoms with E-state index in [9.17, 15) is 4.39 Å². The van der Waals surface area contributed by atoms with Crippen LogP contribution in [0.3, 0.4) is 0 Å². The fourth-order valence-electron chi connectivity index (χ4n) is 1.44. The molecule has 0 aliphatic rings. The van der Waals surface area contributed by atoms with E-state index in [2.05, 4.69) is 0 Å². The highest BCUT2D eigenvalue weighted by atomic mass is 35.5. The van der Waals surface area contributed by atoms with Crippen LogP contribution >= 0.6 is 35.2 Å². The predicted molar refractivity (Wildman–Crippen MR) is 75.9 cm³/mol. The van der Waals surface area contributed by atoms with Crippen molar-refractivity contribution in [1.29, 1.82) is 0 Å². The number of thiophene rings is 1. The summed E-state index contributed by atoms with van der Waals surface area (Å²) in [7, 11) is 0. The Morgan fingerprint density at radius 3 is 2.78 bits per heavy atom. The molecule has 6 heteroatoms. The lowest BCUT2D eigenvalue weighted by Gasteiger charge is -2.10. The number of hydrogen-bond donors (Lipinski definition) is 1. The first-order chi connectivity index (χ1) is 8.58. The number of ether oxygens (including phenoxy) is 1. The average Bonchev–Trinajstić information content (AvgIpc) is 2.72. The first-order valence-corrected chi connectivity index (χ1v) is 6.63. The Hall–Kier alpha value is -1.17. The van der Waals surface area contributed by atoms with Gasteiger partial charge in [0, 0.05) is 4.88 Å². The van der Waals surface area contributed by atoms with Gasteiger partial charge in [-0.1, -0.05) is 29.9 Å². The summed E-state index contributed by atoms with van der Waals surface area (Å²) in [6.07, 6.45) is 0. The molecule has 0 atom stereocenters. The Balaban J connectivity index is 2.19. The smallest absolute Gasteiger partial charge is 0.137 e. The lowest BCUT2D eigenvalue weighted by Crippen LogP contribution is -2.13. The van der Waals surface area contributed by atoms with Crippen molar-refractivity contribution in [3.8, 4) is 5.75 Å². The molecule has 0 radical (unpaired) electrons. The maximum absolute atomic E-state index is 13.6. The lowest BCUT2D eigenvalue weighted by atomic mass is 10.2. The molecular weight excluding hydrogens is 293 g/mol. The van der Waals surface area contributed by atoms with Crippen LogP contribution in [0.1, 0.15) is 10.4 Å². The van der Waals surface area contributed by atoms with Gasteiger partial charge in [0.05, 0.1) is 9.90 Å². The minimum Gasteiger partial charge on any atom is -0.487 e. The zero-order valence-electron chi connectivity index (χ0n) is 9.15. The third-order valence-electron chi connectivity index (χ3n) is 2.22. The summed E-state index contributed by atoms with van der Waals surface area (Å²) in [6.45, 7) is 0.302. The van der Waals surface area contributed by atoms with Crippen molar-refractivity contribution in [2.24, 2.45) is 5.73 Å². The third-order valence-corrected chi connectivity index (χ3v) is 3.63. The second kappa shape index (κ2) is 5.65. The van der Waals surface area contributed by atoms with E-state index < -0.39 is 5.82 Å². The highest BCUT2D eigenvalue weighted by molar-refractivity contribution is 7.80. The van der Waals surface area contributed by atoms with Crippen molar-refractivity contribution in [2.45, 2.75) is 6.61 Å². The van der Waals surface area contributed by atoms with Crippen molar-refractivity contribution in [1.82, 2.24) is 0 Å². The van der Waals surface area contributed by atoms with Gasteiger partial charge in [-0.15, -0.1) is 11.3 Å². The number of rotatable bonds is 4. The largest absolute Gasteiger partial charge is 0.487 e. The summed E-state index contributed by atoms with van der Waals surface area (Å²) >= 11 is 12.0. The molecule has 2 nitrogen and oxygen atoms in total. The molecule has 1 aromatic carbocycles. The zero-order valence-corrected chi connectivity index (χ0v) is 11.5. The molecule has 0 amide bonds. The monoisotopic (exact) mass is 301 g/mol. The standard InChI is InChI=1S/C12H9ClFNOS2/c13-10-5-4-7(18-10)6-16-9-3-1-2-8(14)11(9)12(15)17/h1-5H,6H2,(H2,15,17). The van der Waals surface area contributed by atoms with Gasteiger partial charge in [-0.3, -0.25) is 0 Å². The molecule has 1 heterocycles. The van der Waals surface area contributed by atoms with Crippen molar-refractivity contribution in [2.75, 3.05) is 0 Å². The molecule has 0 aliphatic carbocycles. The maximum atomic E-state index is 13.6. The lowest BCUT2D eigenvalue weighted by molar-refractivity contribution is 0.307. The fraction of sp³-hybridized carbons (Fsp3) is 0.0833. The van der Waals surface area contributed by atoms with E-state index in [4.69, 9.17) is 34.3 Å². The average molecular weight is 302 g/mol. The van der Waals surface area contributed by atoms with Crippen LogP contribution in [0.5, 0.6) is 5.75 Å². The van der Waals surface area contributed by atoms with Crippen LogP contribution in [0, 0.1) is 5.82 Å². The van der Waals surface area contributed by atoms with Crippen molar-refractivity contribution >= 4 is 40.1 Å². The Morgan fingerprint density at radius 1 is 1.39 bits per heavy atom. The molecular formula is C12H9ClFNOS2. The first kappa shape index (κ1) is 13.3. The van der Waals surface area contributed by atoms with Crippen molar-refractivity contribution < 1.29 is 9.13 Å². The fourth-order valence-corrected chi connectivity index (χ4v) is 2.64. The number of halogens is 2. The van der Waals surface area contributed by atoms with Gasteiger partial charge in [-0.2, -0.15) is 0 Å². The van der Waals surface area contributed by atoms with E-state index >= 15 is 0 Å². The molecule has 94 valence electrons. The number of thiocarbonyl (C=S) groups is 1. The summed E-state index contributed by atoms with van der Waals surface area (Å²) in [5.74, 6) is -0.142. The number of benzene rings is 1. The normalized spacial score (nSPS) is 10.3. The predicted octanol–water partition coefficient (Wildman–Crippen LogP) is 3.75. The van der Waals surface area contributed by atoms with Gasteiger partial charge in [-0.25, -0.2) is 4.39 Å². The third kappa shape index (κ3) is 2.98. The van der Waals surface area contributed by atoms with Crippen LogP contribution < -0.4 is 10.5 Å². The molecule has 0 fully saturated rings. The molecule has 1 aromatic heterocycles. The van der Waals surface area contributed by atoms with Gasteiger partial charge in [0.25, 0.3) is 0 Å². The molecule has 0 saturated heterocycles. The van der Waals surface area contributed by atoms with Crippen LogP contribution in [0.15, 0.2) is 30.3 Å². The maximum Gasteiger partial charge on any atom is 0.137 e. The van der Waals surface area contributed by atoms with Gasteiger partial charge in [0.15, 0.2) is 0 Å². The Kier molecular flexibility index (Phi) is 4.16. The summed E-state index contributed by atoms with van der Waals surface area (Å²) in [6, 6.07) is 8.11. The Morgan fingerprint density at radius 2 is 2.17 bits per heavy atom. The van der Waals surface area contributed by atoms with E-state index in [0.717, 1.165) is 4.88 Å². The van der Waals surface area contributed by atoms with Crippen LogP contribution in [-0.2, 0) is 6.61 Å². The van der Waals surface area contributed by atoms with E-state index in [1.807, 2.05) is 6.07 Å². The van der Waals surface area contributed by atoms with Crippen molar-refractivity contribution in [3.63, 3.8) is 0 Å². The Bertz CT molecular complexity index is 585. The van der Waals surface area contributed by atoms with Gasteiger partial charge >= 0.3 is 0 Å². The Labute approximate surface area is 118 Å². The molecule has 0 bridgehead atoms. The molecule has 2 aromatic rings. The van der Waals surface area contributed by atoms with E-state index in [-0.39, 0.29) is 10.6 Å². The summed E-state index contributed by atoms with van der Waals surface area (Å²) < 4.78 is 19.8.